The Labute approximate surface area is 89.0 Å². The van der Waals surface area contributed by atoms with Crippen molar-refractivity contribution in [2.45, 2.75) is 6.92 Å². The molecule has 0 atom stereocenters. The normalized spacial score (nSPS) is 9.87. The fourth-order valence-corrected chi connectivity index (χ4v) is 1.36. The number of hydrogen-bond donors (Lipinski definition) is 1. The summed E-state index contributed by atoms with van der Waals surface area (Å²) in [6.45, 7) is 1.85. The minimum absolute atomic E-state index is 0.0185. The molecule has 0 aliphatic carbocycles. The fraction of sp³-hybridized carbons (Fsp3) is 0.364. The third-order valence-corrected chi connectivity index (χ3v) is 2.26. The van der Waals surface area contributed by atoms with Crippen molar-refractivity contribution in [3.63, 3.8) is 0 Å². The highest BCUT2D eigenvalue weighted by atomic mass is 16.5. The summed E-state index contributed by atoms with van der Waals surface area (Å²) in [5, 5.41) is 0. The van der Waals surface area contributed by atoms with E-state index in [1.54, 1.807) is 26.4 Å². The molecule has 0 aliphatic rings. The SMILES string of the molecule is COc1cc(C(=O)CN)cc(OC)c1C. The van der Waals surface area contributed by atoms with Crippen LogP contribution in [0, 0.1) is 6.92 Å². The Morgan fingerprint density at radius 2 is 1.73 bits per heavy atom. The second-order valence-electron chi connectivity index (χ2n) is 3.13. The van der Waals surface area contributed by atoms with Crippen LogP contribution < -0.4 is 15.2 Å². The summed E-state index contributed by atoms with van der Waals surface area (Å²) in [6, 6.07) is 3.35. The third-order valence-electron chi connectivity index (χ3n) is 2.26. The first-order valence-electron chi connectivity index (χ1n) is 4.60. The quantitative estimate of drug-likeness (QED) is 0.756. The Bertz CT molecular complexity index is 349. The summed E-state index contributed by atoms with van der Waals surface area (Å²) in [5.74, 6) is 1.13. The molecule has 1 aromatic carbocycles. The van der Waals surface area contributed by atoms with E-state index in [-0.39, 0.29) is 12.3 Å². The number of rotatable bonds is 4. The van der Waals surface area contributed by atoms with Crippen LogP contribution in [0.25, 0.3) is 0 Å². The molecule has 1 rings (SSSR count). The van der Waals surface area contributed by atoms with Crippen LogP contribution in [0.2, 0.25) is 0 Å². The smallest absolute Gasteiger partial charge is 0.176 e. The lowest BCUT2D eigenvalue weighted by molar-refractivity contribution is 0.100. The molecule has 0 bridgehead atoms. The first kappa shape index (κ1) is 11.5. The van der Waals surface area contributed by atoms with E-state index < -0.39 is 0 Å². The molecular formula is C11H15NO3. The average Bonchev–Trinajstić information content (AvgIpc) is 2.28. The van der Waals surface area contributed by atoms with Crippen molar-refractivity contribution in [1.29, 1.82) is 0 Å². The van der Waals surface area contributed by atoms with Gasteiger partial charge in [-0.3, -0.25) is 4.79 Å². The first-order valence-corrected chi connectivity index (χ1v) is 4.60. The number of ketones is 1. The molecule has 0 saturated heterocycles. The zero-order valence-corrected chi connectivity index (χ0v) is 9.16. The molecule has 0 heterocycles. The number of Topliss-reactive ketones (excluding diaryl/α,β-unsaturated/α-hetero) is 1. The maximum atomic E-state index is 11.4. The molecule has 0 aliphatic heterocycles. The number of carbonyl (C=O) groups is 1. The summed E-state index contributed by atoms with van der Waals surface area (Å²) in [5.41, 5.74) is 6.67. The summed E-state index contributed by atoms with van der Waals surface area (Å²) >= 11 is 0. The van der Waals surface area contributed by atoms with Crippen LogP contribution in [0.4, 0.5) is 0 Å². The number of carbonyl (C=O) groups excluding carboxylic acids is 1. The zero-order valence-electron chi connectivity index (χ0n) is 9.16. The highest BCUT2D eigenvalue weighted by Gasteiger charge is 2.12. The molecule has 15 heavy (non-hydrogen) atoms. The van der Waals surface area contributed by atoms with Gasteiger partial charge in [-0.1, -0.05) is 0 Å². The highest BCUT2D eigenvalue weighted by molar-refractivity contribution is 5.98. The van der Waals surface area contributed by atoms with Gasteiger partial charge < -0.3 is 15.2 Å². The third kappa shape index (κ3) is 2.27. The van der Waals surface area contributed by atoms with Gasteiger partial charge in [0.1, 0.15) is 11.5 Å². The van der Waals surface area contributed by atoms with Gasteiger partial charge in [0.25, 0.3) is 0 Å². The lowest BCUT2D eigenvalue weighted by Gasteiger charge is -2.11. The van der Waals surface area contributed by atoms with Gasteiger partial charge in [-0.05, 0) is 19.1 Å². The predicted molar refractivity (Wildman–Crippen MR) is 57.7 cm³/mol. The Hall–Kier alpha value is -1.55. The largest absolute Gasteiger partial charge is 0.496 e. The fourth-order valence-electron chi connectivity index (χ4n) is 1.36. The van der Waals surface area contributed by atoms with Crippen LogP contribution in [-0.2, 0) is 0 Å². The van der Waals surface area contributed by atoms with Crippen LogP contribution in [0.1, 0.15) is 15.9 Å². The van der Waals surface area contributed by atoms with E-state index in [0.29, 0.717) is 17.1 Å². The molecule has 1 aromatic rings. The van der Waals surface area contributed by atoms with Crippen LogP contribution >= 0.6 is 0 Å². The van der Waals surface area contributed by atoms with Gasteiger partial charge in [0.2, 0.25) is 0 Å². The van der Waals surface area contributed by atoms with E-state index in [9.17, 15) is 4.79 Å². The predicted octanol–water partition coefficient (Wildman–Crippen LogP) is 1.15. The molecule has 4 nitrogen and oxygen atoms in total. The molecule has 0 spiro atoms. The maximum Gasteiger partial charge on any atom is 0.176 e. The molecule has 82 valence electrons. The van der Waals surface area contributed by atoms with E-state index in [0.717, 1.165) is 5.56 Å². The highest BCUT2D eigenvalue weighted by Crippen LogP contribution is 2.29. The van der Waals surface area contributed by atoms with Gasteiger partial charge >= 0.3 is 0 Å². The van der Waals surface area contributed by atoms with Crippen molar-refractivity contribution < 1.29 is 14.3 Å². The Morgan fingerprint density at radius 3 is 2.07 bits per heavy atom. The topological polar surface area (TPSA) is 61.5 Å². The molecule has 0 radical (unpaired) electrons. The first-order chi connectivity index (χ1) is 7.13. The van der Waals surface area contributed by atoms with Crippen LogP contribution in [0.3, 0.4) is 0 Å². The molecule has 0 aromatic heterocycles. The molecule has 0 unspecified atom stereocenters. The Morgan fingerprint density at radius 1 is 1.27 bits per heavy atom. The van der Waals surface area contributed by atoms with Gasteiger partial charge in [-0.15, -0.1) is 0 Å². The number of hydrogen-bond acceptors (Lipinski definition) is 4. The van der Waals surface area contributed by atoms with Gasteiger partial charge in [0.15, 0.2) is 5.78 Å². The van der Waals surface area contributed by atoms with E-state index in [2.05, 4.69) is 0 Å². The molecule has 2 N–H and O–H groups in total. The van der Waals surface area contributed by atoms with Gasteiger partial charge in [-0.2, -0.15) is 0 Å². The summed E-state index contributed by atoms with van der Waals surface area (Å²) in [7, 11) is 3.11. The minimum atomic E-state index is -0.133. The Balaban J connectivity index is 3.26. The van der Waals surface area contributed by atoms with Crippen molar-refractivity contribution in [3.05, 3.63) is 23.3 Å². The molecule has 4 heteroatoms. The van der Waals surface area contributed by atoms with Crippen LogP contribution in [0.15, 0.2) is 12.1 Å². The molecule has 0 amide bonds. The summed E-state index contributed by atoms with van der Waals surface area (Å²) in [4.78, 5) is 11.4. The van der Waals surface area contributed by atoms with Gasteiger partial charge in [0.05, 0.1) is 20.8 Å². The minimum Gasteiger partial charge on any atom is -0.496 e. The standard InChI is InChI=1S/C11H15NO3/c1-7-10(14-2)4-8(9(13)6-12)5-11(7)15-3/h4-5H,6,12H2,1-3H3. The number of methoxy groups -OCH3 is 2. The van der Waals surface area contributed by atoms with Crippen molar-refractivity contribution in [3.8, 4) is 11.5 Å². The second-order valence-corrected chi connectivity index (χ2v) is 3.13. The average molecular weight is 209 g/mol. The zero-order chi connectivity index (χ0) is 11.4. The van der Waals surface area contributed by atoms with Crippen LogP contribution in [-0.4, -0.2) is 26.5 Å². The summed E-state index contributed by atoms with van der Waals surface area (Å²) in [6.07, 6.45) is 0. The van der Waals surface area contributed by atoms with Crippen molar-refractivity contribution in [2.75, 3.05) is 20.8 Å². The van der Waals surface area contributed by atoms with Crippen LogP contribution in [0.5, 0.6) is 11.5 Å². The van der Waals surface area contributed by atoms with Gasteiger partial charge in [-0.25, -0.2) is 0 Å². The summed E-state index contributed by atoms with van der Waals surface area (Å²) < 4.78 is 10.3. The van der Waals surface area contributed by atoms with E-state index in [4.69, 9.17) is 15.2 Å². The van der Waals surface area contributed by atoms with Crippen molar-refractivity contribution >= 4 is 5.78 Å². The lowest BCUT2D eigenvalue weighted by atomic mass is 10.1. The molecular weight excluding hydrogens is 194 g/mol. The van der Waals surface area contributed by atoms with E-state index >= 15 is 0 Å². The molecule has 0 saturated carbocycles. The van der Waals surface area contributed by atoms with E-state index in [1.165, 1.54) is 0 Å². The lowest BCUT2D eigenvalue weighted by Crippen LogP contribution is -2.14. The monoisotopic (exact) mass is 209 g/mol. The van der Waals surface area contributed by atoms with Gasteiger partial charge in [0, 0.05) is 11.1 Å². The number of nitrogens with two attached hydrogens (primary N) is 1. The number of ether oxygens (including phenoxy) is 2. The maximum absolute atomic E-state index is 11.4. The Kier molecular flexibility index (Phi) is 3.68. The second kappa shape index (κ2) is 4.79. The van der Waals surface area contributed by atoms with Crippen molar-refractivity contribution in [2.24, 2.45) is 5.73 Å². The van der Waals surface area contributed by atoms with Crippen molar-refractivity contribution in [1.82, 2.24) is 0 Å². The molecule has 0 fully saturated rings. The number of benzene rings is 1. The van der Waals surface area contributed by atoms with E-state index in [1.807, 2.05) is 6.92 Å².